The Morgan fingerprint density at radius 1 is 1.17 bits per heavy atom. The summed E-state index contributed by atoms with van der Waals surface area (Å²) in [6.07, 6.45) is 0. The molecule has 0 spiro atoms. The van der Waals surface area contributed by atoms with Crippen molar-refractivity contribution in [2.45, 2.75) is 18.7 Å². The first-order valence-corrected chi connectivity index (χ1v) is 9.00. The number of hydrogen-bond donors (Lipinski definition) is 2. The molecular formula is C15H27Cl2N3O3S. The molecule has 0 radical (unpaired) electrons. The predicted octanol–water partition coefficient (Wildman–Crippen LogP) is 1.34. The second kappa shape index (κ2) is 10.4. The van der Waals surface area contributed by atoms with Gasteiger partial charge in [-0.1, -0.05) is 0 Å². The van der Waals surface area contributed by atoms with E-state index in [4.69, 9.17) is 4.74 Å². The highest BCUT2D eigenvalue weighted by Gasteiger charge is 2.17. The molecule has 1 aromatic carbocycles. The predicted molar refractivity (Wildman–Crippen MR) is 101 cm³/mol. The van der Waals surface area contributed by atoms with Gasteiger partial charge in [-0.25, -0.2) is 13.1 Å². The van der Waals surface area contributed by atoms with E-state index in [9.17, 15) is 8.42 Å². The minimum absolute atomic E-state index is 0. The molecule has 2 N–H and O–H groups in total. The maximum Gasteiger partial charge on any atom is 0.240 e. The fourth-order valence-corrected chi connectivity index (χ4v) is 3.93. The number of nitrogens with one attached hydrogen (secondary N) is 2. The van der Waals surface area contributed by atoms with Crippen molar-refractivity contribution in [2.75, 3.05) is 46.4 Å². The normalized spacial score (nSPS) is 15.3. The van der Waals surface area contributed by atoms with Gasteiger partial charge in [-0.3, -0.25) is 4.90 Å². The molecule has 24 heavy (non-hydrogen) atoms. The molecule has 1 aliphatic rings. The third-order valence-corrected chi connectivity index (χ3v) is 5.32. The quantitative estimate of drug-likeness (QED) is 0.754. The summed E-state index contributed by atoms with van der Waals surface area (Å²) >= 11 is 0. The van der Waals surface area contributed by atoms with Crippen LogP contribution in [-0.4, -0.2) is 59.7 Å². The van der Waals surface area contributed by atoms with Crippen molar-refractivity contribution in [1.82, 2.24) is 14.9 Å². The molecule has 0 aliphatic carbocycles. The molecule has 9 heteroatoms. The Kier molecular flexibility index (Phi) is 10.2. The van der Waals surface area contributed by atoms with Crippen LogP contribution < -0.4 is 14.8 Å². The lowest BCUT2D eigenvalue weighted by molar-refractivity contribution is 0.245. The molecule has 6 nitrogen and oxygen atoms in total. The lowest BCUT2D eigenvalue weighted by Gasteiger charge is -2.27. The number of hydrogen-bond acceptors (Lipinski definition) is 5. The monoisotopic (exact) mass is 399 g/mol. The number of benzene rings is 1. The Labute approximate surface area is 157 Å². The zero-order valence-corrected chi connectivity index (χ0v) is 16.7. The molecule has 0 amide bonds. The fraction of sp³-hybridized carbons (Fsp3) is 0.600. The number of aryl methyl sites for hydroxylation is 2. The standard InChI is InChI=1S/C15H25N3O3S.2ClH/c1-12-10-14(11-13(2)15(12)21-3)22(19,20)17-6-9-18-7-4-16-5-8-18;;/h10-11,16-17H,4-9H2,1-3H3;2*1H. The molecule has 0 bridgehead atoms. The zero-order chi connectivity index (χ0) is 16.2. The minimum Gasteiger partial charge on any atom is -0.496 e. The first-order valence-electron chi connectivity index (χ1n) is 7.52. The van der Waals surface area contributed by atoms with Gasteiger partial charge in [0.1, 0.15) is 5.75 Å². The molecule has 140 valence electrons. The van der Waals surface area contributed by atoms with Gasteiger partial charge >= 0.3 is 0 Å². The van der Waals surface area contributed by atoms with Gasteiger partial charge in [0.25, 0.3) is 0 Å². The van der Waals surface area contributed by atoms with Crippen LogP contribution in [0, 0.1) is 13.8 Å². The number of nitrogens with zero attached hydrogens (tertiary/aromatic N) is 1. The van der Waals surface area contributed by atoms with E-state index < -0.39 is 10.0 Å². The highest BCUT2D eigenvalue weighted by molar-refractivity contribution is 7.89. The van der Waals surface area contributed by atoms with Crippen molar-refractivity contribution in [3.63, 3.8) is 0 Å². The lowest BCUT2D eigenvalue weighted by atomic mass is 10.1. The summed E-state index contributed by atoms with van der Waals surface area (Å²) in [4.78, 5) is 2.55. The highest BCUT2D eigenvalue weighted by atomic mass is 35.5. The lowest BCUT2D eigenvalue weighted by Crippen LogP contribution is -2.46. The molecule has 2 rings (SSSR count). The molecule has 0 unspecified atom stereocenters. The Balaban J connectivity index is 0.00000264. The Morgan fingerprint density at radius 3 is 2.21 bits per heavy atom. The van der Waals surface area contributed by atoms with Crippen LogP contribution in [0.4, 0.5) is 0 Å². The zero-order valence-electron chi connectivity index (χ0n) is 14.3. The topological polar surface area (TPSA) is 70.7 Å². The molecule has 1 saturated heterocycles. The largest absolute Gasteiger partial charge is 0.496 e. The van der Waals surface area contributed by atoms with Crippen LogP contribution in [0.3, 0.4) is 0 Å². The van der Waals surface area contributed by atoms with Crippen LogP contribution in [0.15, 0.2) is 17.0 Å². The van der Waals surface area contributed by atoms with E-state index in [0.717, 1.165) is 49.6 Å². The molecule has 0 aromatic heterocycles. The van der Waals surface area contributed by atoms with Crippen LogP contribution in [0.2, 0.25) is 0 Å². The number of halogens is 2. The number of sulfonamides is 1. The van der Waals surface area contributed by atoms with Gasteiger partial charge < -0.3 is 10.1 Å². The van der Waals surface area contributed by atoms with Crippen LogP contribution in [0.25, 0.3) is 0 Å². The Bertz CT molecular complexity index is 597. The highest BCUT2D eigenvalue weighted by Crippen LogP contribution is 2.26. The summed E-state index contributed by atoms with van der Waals surface area (Å²) in [5.41, 5.74) is 1.65. The summed E-state index contributed by atoms with van der Waals surface area (Å²) in [7, 11) is -1.89. The molecule has 1 aromatic rings. The smallest absolute Gasteiger partial charge is 0.240 e. The summed E-state index contributed by atoms with van der Waals surface area (Å²) in [5, 5.41) is 3.28. The van der Waals surface area contributed by atoms with Crippen molar-refractivity contribution in [1.29, 1.82) is 0 Å². The number of rotatable bonds is 6. The Morgan fingerprint density at radius 2 is 1.71 bits per heavy atom. The van der Waals surface area contributed by atoms with Gasteiger partial charge in [-0.05, 0) is 37.1 Å². The Hall–Kier alpha value is -0.570. The van der Waals surface area contributed by atoms with Crippen LogP contribution in [0.5, 0.6) is 5.75 Å². The number of ether oxygens (including phenoxy) is 1. The van der Waals surface area contributed by atoms with Gasteiger partial charge in [0.15, 0.2) is 0 Å². The summed E-state index contributed by atoms with van der Waals surface area (Å²) < 4.78 is 32.8. The summed E-state index contributed by atoms with van der Waals surface area (Å²) in [6.45, 7) is 8.71. The second-order valence-electron chi connectivity index (χ2n) is 5.58. The van der Waals surface area contributed by atoms with E-state index >= 15 is 0 Å². The molecule has 0 saturated carbocycles. The third-order valence-electron chi connectivity index (χ3n) is 3.88. The molecule has 1 heterocycles. The van der Waals surface area contributed by atoms with Crippen molar-refractivity contribution >= 4 is 34.8 Å². The first-order chi connectivity index (χ1) is 10.4. The van der Waals surface area contributed by atoms with Crippen LogP contribution in [0.1, 0.15) is 11.1 Å². The van der Waals surface area contributed by atoms with Crippen molar-refractivity contribution in [3.05, 3.63) is 23.3 Å². The van der Waals surface area contributed by atoms with Gasteiger partial charge in [0, 0.05) is 39.3 Å². The third kappa shape index (κ3) is 6.06. The number of piperazine rings is 1. The van der Waals surface area contributed by atoms with E-state index in [1.807, 2.05) is 13.8 Å². The molecule has 1 aliphatic heterocycles. The van der Waals surface area contributed by atoms with E-state index in [-0.39, 0.29) is 24.8 Å². The van der Waals surface area contributed by atoms with Gasteiger partial charge in [0.2, 0.25) is 10.0 Å². The van der Waals surface area contributed by atoms with Crippen molar-refractivity contribution in [3.8, 4) is 5.75 Å². The van der Waals surface area contributed by atoms with E-state index in [2.05, 4.69) is 14.9 Å². The molecular weight excluding hydrogens is 373 g/mol. The first kappa shape index (κ1) is 23.4. The van der Waals surface area contributed by atoms with Gasteiger partial charge in [-0.15, -0.1) is 24.8 Å². The maximum atomic E-state index is 12.4. The fourth-order valence-electron chi connectivity index (χ4n) is 2.74. The van der Waals surface area contributed by atoms with E-state index in [1.54, 1.807) is 19.2 Å². The number of methoxy groups -OCH3 is 1. The molecule has 0 atom stereocenters. The van der Waals surface area contributed by atoms with E-state index in [1.165, 1.54) is 0 Å². The van der Waals surface area contributed by atoms with E-state index in [0.29, 0.717) is 11.4 Å². The minimum atomic E-state index is -3.48. The maximum absolute atomic E-state index is 12.4. The van der Waals surface area contributed by atoms with Crippen molar-refractivity contribution in [2.24, 2.45) is 0 Å². The van der Waals surface area contributed by atoms with Gasteiger partial charge in [0.05, 0.1) is 12.0 Å². The molecule has 1 fully saturated rings. The van der Waals surface area contributed by atoms with Gasteiger partial charge in [-0.2, -0.15) is 0 Å². The second-order valence-corrected chi connectivity index (χ2v) is 7.35. The van der Waals surface area contributed by atoms with Crippen LogP contribution >= 0.6 is 24.8 Å². The van der Waals surface area contributed by atoms with Crippen molar-refractivity contribution < 1.29 is 13.2 Å². The average Bonchev–Trinajstić information content (AvgIpc) is 2.48. The summed E-state index contributed by atoms with van der Waals surface area (Å²) in [5.74, 6) is 0.736. The summed E-state index contributed by atoms with van der Waals surface area (Å²) in [6, 6.07) is 3.30. The van der Waals surface area contributed by atoms with Crippen LogP contribution in [-0.2, 0) is 10.0 Å². The SMILES string of the molecule is COc1c(C)cc(S(=O)(=O)NCCN2CCNCC2)cc1C.Cl.Cl. The average molecular weight is 400 g/mol.